The van der Waals surface area contributed by atoms with E-state index in [0.29, 0.717) is 46.0 Å². The minimum absolute atomic E-state index is 0.315. The van der Waals surface area contributed by atoms with E-state index in [1.54, 1.807) is 48.2 Å². The molecule has 0 aliphatic heterocycles. The first-order valence-corrected chi connectivity index (χ1v) is 10.8. The van der Waals surface area contributed by atoms with Crippen LogP contribution in [-0.4, -0.2) is 49.1 Å². The Morgan fingerprint density at radius 1 is 1.13 bits per heavy atom. The average Bonchev–Trinajstić information content (AvgIpc) is 3.15. The van der Waals surface area contributed by atoms with E-state index in [4.69, 9.17) is 13.9 Å². The predicted molar refractivity (Wildman–Crippen MR) is 119 cm³/mol. The number of methoxy groups -OCH3 is 2. The van der Waals surface area contributed by atoms with E-state index in [1.807, 2.05) is 6.26 Å². The quantitative estimate of drug-likeness (QED) is 0.463. The second-order valence-electron chi connectivity index (χ2n) is 6.62. The van der Waals surface area contributed by atoms with E-state index in [9.17, 15) is 14.4 Å². The van der Waals surface area contributed by atoms with Crippen LogP contribution in [0.2, 0.25) is 0 Å². The molecule has 3 aromatic rings. The van der Waals surface area contributed by atoms with Crippen LogP contribution in [0, 0.1) is 0 Å². The summed E-state index contributed by atoms with van der Waals surface area (Å²) in [6.45, 7) is 0. The Kier molecular flexibility index (Phi) is 7.24. The zero-order valence-corrected chi connectivity index (χ0v) is 18.1. The summed E-state index contributed by atoms with van der Waals surface area (Å²) in [4.78, 5) is 39.6. The number of thioether (sulfide) groups is 1. The number of hydrogen-bond acceptors (Lipinski definition) is 7. The Balaban J connectivity index is 1.77. The number of aromatic nitrogens is 1. The molecule has 164 valence electrons. The highest BCUT2D eigenvalue weighted by atomic mass is 32.2. The smallest absolute Gasteiger partial charge is 0.417 e. The molecule has 3 rings (SSSR count). The molecule has 3 N–H and O–H groups in total. The number of ether oxygens (including phenoxy) is 2. The highest BCUT2D eigenvalue weighted by molar-refractivity contribution is 7.98. The summed E-state index contributed by atoms with van der Waals surface area (Å²) >= 11 is 1.57. The van der Waals surface area contributed by atoms with Gasteiger partial charge in [0.05, 0.1) is 19.7 Å². The van der Waals surface area contributed by atoms with Crippen molar-refractivity contribution in [2.24, 2.45) is 0 Å². The molecule has 0 saturated carbocycles. The number of oxazole rings is 1. The maximum atomic E-state index is 12.9. The molecule has 1 heterocycles. The predicted octanol–water partition coefficient (Wildman–Crippen LogP) is 2.63. The molecule has 0 saturated heterocycles. The van der Waals surface area contributed by atoms with Crippen molar-refractivity contribution >= 4 is 40.4 Å². The monoisotopic (exact) mass is 445 g/mol. The van der Waals surface area contributed by atoms with Crippen molar-refractivity contribution in [3.8, 4) is 11.5 Å². The Morgan fingerprint density at radius 2 is 1.84 bits per heavy atom. The van der Waals surface area contributed by atoms with Crippen LogP contribution in [0.25, 0.3) is 11.1 Å². The van der Waals surface area contributed by atoms with Crippen LogP contribution in [0.1, 0.15) is 16.8 Å². The van der Waals surface area contributed by atoms with Crippen molar-refractivity contribution in [1.82, 2.24) is 10.3 Å². The molecular formula is C21H23N3O6S. The third-order valence-corrected chi connectivity index (χ3v) is 5.18. The zero-order valence-electron chi connectivity index (χ0n) is 17.3. The summed E-state index contributed by atoms with van der Waals surface area (Å²) in [5.41, 5.74) is 1.65. The fraction of sp³-hybridized carbons (Fsp3) is 0.286. The molecule has 2 amide bonds. The molecule has 0 aliphatic carbocycles. The summed E-state index contributed by atoms with van der Waals surface area (Å²) in [5.74, 6) is 0.246. The van der Waals surface area contributed by atoms with Crippen molar-refractivity contribution in [2.75, 3.05) is 31.5 Å². The number of benzene rings is 2. The summed E-state index contributed by atoms with van der Waals surface area (Å²) in [5, 5.41) is 5.56. The summed E-state index contributed by atoms with van der Waals surface area (Å²) in [6, 6.07) is 8.84. The number of fused-ring (bicyclic) bond motifs is 1. The van der Waals surface area contributed by atoms with Crippen LogP contribution in [0.5, 0.6) is 11.5 Å². The van der Waals surface area contributed by atoms with Crippen molar-refractivity contribution in [3.63, 3.8) is 0 Å². The number of aromatic amines is 1. The Labute approximate surface area is 182 Å². The number of carbonyl (C=O) groups is 2. The van der Waals surface area contributed by atoms with E-state index in [-0.39, 0.29) is 5.91 Å². The van der Waals surface area contributed by atoms with Crippen molar-refractivity contribution in [2.45, 2.75) is 12.5 Å². The number of amides is 2. The van der Waals surface area contributed by atoms with Crippen LogP contribution in [0.4, 0.5) is 5.69 Å². The molecular weight excluding hydrogens is 422 g/mol. The van der Waals surface area contributed by atoms with Crippen LogP contribution < -0.4 is 25.9 Å². The van der Waals surface area contributed by atoms with Crippen LogP contribution >= 0.6 is 11.8 Å². The first-order valence-electron chi connectivity index (χ1n) is 9.40. The lowest BCUT2D eigenvalue weighted by Gasteiger charge is -2.19. The molecule has 0 spiro atoms. The molecule has 0 bridgehead atoms. The first kappa shape index (κ1) is 22.3. The number of hydrogen-bond donors (Lipinski definition) is 3. The van der Waals surface area contributed by atoms with Gasteiger partial charge in [0, 0.05) is 17.3 Å². The second-order valence-corrected chi connectivity index (χ2v) is 7.61. The lowest BCUT2D eigenvalue weighted by molar-refractivity contribution is -0.118. The molecule has 1 aromatic heterocycles. The van der Waals surface area contributed by atoms with E-state index in [2.05, 4.69) is 15.6 Å². The van der Waals surface area contributed by atoms with Crippen molar-refractivity contribution in [1.29, 1.82) is 0 Å². The minimum atomic E-state index is -0.767. The lowest BCUT2D eigenvalue weighted by atomic mass is 10.1. The highest BCUT2D eigenvalue weighted by Crippen LogP contribution is 2.23. The average molecular weight is 445 g/mol. The molecule has 1 unspecified atom stereocenters. The first-order chi connectivity index (χ1) is 14.9. The Morgan fingerprint density at radius 3 is 2.48 bits per heavy atom. The van der Waals surface area contributed by atoms with Gasteiger partial charge in [-0.1, -0.05) is 0 Å². The molecule has 0 radical (unpaired) electrons. The normalized spacial score (nSPS) is 11.7. The molecule has 1 atom stereocenters. The molecule has 2 aromatic carbocycles. The third-order valence-electron chi connectivity index (χ3n) is 4.53. The lowest BCUT2D eigenvalue weighted by Crippen LogP contribution is -2.44. The van der Waals surface area contributed by atoms with Gasteiger partial charge in [0.2, 0.25) is 5.91 Å². The fourth-order valence-electron chi connectivity index (χ4n) is 2.94. The fourth-order valence-corrected chi connectivity index (χ4v) is 3.42. The number of H-pyrrole nitrogens is 1. The standard InChI is InChI=1S/C21H23N3O6S/c1-28-14-8-12(9-15(11-14)29-2)19(25)23-16(6-7-31-3)20(26)22-13-4-5-18-17(10-13)24-21(27)30-18/h4-5,8-11,16H,6-7H2,1-3H3,(H,22,26)(H,23,25)(H,24,27). The zero-order chi connectivity index (χ0) is 22.4. The Hall–Kier alpha value is -3.40. The Bertz CT molecular complexity index is 1120. The van der Waals surface area contributed by atoms with Gasteiger partial charge in [0.1, 0.15) is 17.5 Å². The third kappa shape index (κ3) is 5.60. The minimum Gasteiger partial charge on any atom is -0.497 e. The van der Waals surface area contributed by atoms with Gasteiger partial charge < -0.3 is 24.5 Å². The van der Waals surface area contributed by atoms with E-state index < -0.39 is 17.7 Å². The molecule has 10 heteroatoms. The van der Waals surface area contributed by atoms with Gasteiger partial charge in [0.25, 0.3) is 5.91 Å². The second kappa shape index (κ2) is 10.1. The number of rotatable bonds is 9. The topological polar surface area (TPSA) is 123 Å². The van der Waals surface area contributed by atoms with Crippen LogP contribution in [0.15, 0.2) is 45.6 Å². The SMILES string of the molecule is COc1cc(OC)cc(C(=O)NC(CCSC)C(=O)Nc2ccc3oc(=O)[nH]c3c2)c1. The number of nitrogens with one attached hydrogen (secondary N) is 3. The largest absolute Gasteiger partial charge is 0.497 e. The summed E-state index contributed by atoms with van der Waals surface area (Å²) in [6.07, 6.45) is 2.36. The van der Waals surface area contributed by atoms with Gasteiger partial charge in [-0.2, -0.15) is 11.8 Å². The van der Waals surface area contributed by atoms with Gasteiger partial charge in [0.15, 0.2) is 5.58 Å². The van der Waals surface area contributed by atoms with Gasteiger partial charge >= 0.3 is 5.76 Å². The van der Waals surface area contributed by atoms with Gasteiger partial charge in [-0.15, -0.1) is 0 Å². The van der Waals surface area contributed by atoms with Crippen LogP contribution in [0.3, 0.4) is 0 Å². The maximum Gasteiger partial charge on any atom is 0.417 e. The molecule has 9 nitrogen and oxygen atoms in total. The van der Waals surface area contributed by atoms with Crippen molar-refractivity contribution in [3.05, 3.63) is 52.5 Å². The van der Waals surface area contributed by atoms with Gasteiger partial charge in [-0.25, -0.2) is 4.79 Å². The summed E-state index contributed by atoms with van der Waals surface area (Å²) < 4.78 is 15.4. The van der Waals surface area contributed by atoms with E-state index in [1.165, 1.54) is 14.2 Å². The number of anilines is 1. The molecule has 0 aliphatic rings. The molecule has 0 fully saturated rings. The summed E-state index contributed by atoms with van der Waals surface area (Å²) in [7, 11) is 2.99. The van der Waals surface area contributed by atoms with Gasteiger partial charge in [-0.05, 0) is 48.8 Å². The van der Waals surface area contributed by atoms with E-state index >= 15 is 0 Å². The maximum absolute atomic E-state index is 12.9. The highest BCUT2D eigenvalue weighted by Gasteiger charge is 2.22. The van der Waals surface area contributed by atoms with E-state index in [0.717, 1.165) is 0 Å². The van der Waals surface area contributed by atoms with Gasteiger partial charge in [-0.3, -0.25) is 14.6 Å². The van der Waals surface area contributed by atoms with Crippen molar-refractivity contribution < 1.29 is 23.5 Å². The number of carbonyl (C=O) groups excluding carboxylic acids is 2. The van der Waals surface area contributed by atoms with Crippen LogP contribution in [-0.2, 0) is 4.79 Å². The molecule has 31 heavy (non-hydrogen) atoms.